The molecule has 2 N–H and O–H groups in total. The summed E-state index contributed by atoms with van der Waals surface area (Å²) in [5.74, 6) is 1.05. The molecule has 7 heteroatoms. The number of methoxy groups -OCH3 is 1. The molecule has 1 aromatic carbocycles. The first-order valence-corrected chi connectivity index (χ1v) is 6.55. The Morgan fingerprint density at radius 3 is 2.76 bits per heavy atom. The SMILES string of the molecule is COc1ccc(C=NC(=S)Nc2nc(C)cc(=O)[nH]2)cc1. The van der Waals surface area contributed by atoms with Crippen molar-refractivity contribution in [2.75, 3.05) is 12.4 Å². The van der Waals surface area contributed by atoms with Crippen LogP contribution in [0.5, 0.6) is 5.75 Å². The summed E-state index contributed by atoms with van der Waals surface area (Å²) in [6.07, 6.45) is 1.61. The van der Waals surface area contributed by atoms with Gasteiger partial charge in [-0.3, -0.25) is 9.78 Å². The number of aryl methyl sites for hydroxylation is 1. The van der Waals surface area contributed by atoms with Crippen LogP contribution in [0.3, 0.4) is 0 Å². The number of thiocarbonyl (C=S) groups is 1. The zero-order valence-corrected chi connectivity index (χ0v) is 12.4. The molecule has 0 radical (unpaired) electrons. The summed E-state index contributed by atoms with van der Waals surface area (Å²) in [5.41, 5.74) is 1.24. The Labute approximate surface area is 126 Å². The Balaban J connectivity index is 2.03. The second-order valence-corrected chi connectivity index (χ2v) is 4.58. The minimum absolute atomic E-state index is 0.208. The van der Waals surface area contributed by atoms with Crippen LogP contribution >= 0.6 is 12.2 Å². The number of aromatic nitrogens is 2. The maximum Gasteiger partial charge on any atom is 0.252 e. The predicted octanol–water partition coefficient (Wildman–Crippen LogP) is 1.90. The van der Waals surface area contributed by atoms with Crippen molar-refractivity contribution in [3.63, 3.8) is 0 Å². The van der Waals surface area contributed by atoms with Gasteiger partial charge in [0.15, 0.2) is 5.11 Å². The van der Waals surface area contributed by atoms with Crippen LogP contribution in [0.4, 0.5) is 5.95 Å². The van der Waals surface area contributed by atoms with Crippen LogP contribution in [0, 0.1) is 6.92 Å². The topological polar surface area (TPSA) is 79.4 Å². The van der Waals surface area contributed by atoms with Crippen LogP contribution in [0.15, 0.2) is 40.1 Å². The van der Waals surface area contributed by atoms with E-state index in [2.05, 4.69) is 20.3 Å². The van der Waals surface area contributed by atoms with Gasteiger partial charge in [-0.1, -0.05) is 0 Å². The van der Waals surface area contributed by atoms with Crippen molar-refractivity contribution in [3.8, 4) is 5.75 Å². The highest BCUT2D eigenvalue weighted by Crippen LogP contribution is 2.09. The van der Waals surface area contributed by atoms with Crippen LogP contribution in [0.2, 0.25) is 0 Å². The van der Waals surface area contributed by atoms with E-state index in [1.807, 2.05) is 24.3 Å². The van der Waals surface area contributed by atoms with Gasteiger partial charge in [-0.15, -0.1) is 0 Å². The maximum atomic E-state index is 11.3. The summed E-state index contributed by atoms with van der Waals surface area (Å²) in [6, 6.07) is 8.78. The number of ether oxygens (including phenoxy) is 1. The van der Waals surface area contributed by atoms with Crippen molar-refractivity contribution < 1.29 is 4.74 Å². The number of anilines is 1. The molecule has 0 bridgehead atoms. The second-order valence-electron chi connectivity index (χ2n) is 4.20. The highest BCUT2D eigenvalue weighted by atomic mass is 32.1. The molecule has 1 aromatic heterocycles. The molecule has 0 aliphatic rings. The molecule has 0 unspecified atom stereocenters. The number of benzene rings is 1. The molecule has 2 rings (SSSR count). The lowest BCUT2D eigenvalue weighted by Gasteiger charge is -2.03. The monoisotopic (exact) mass is 302 g/mol. The van der Waals surface area contributed by atoms with Gasteiger partial charge in [0.25, 0.3) is 5.56 Å². The van der Waals surface area contributed by atoms with Crippen LogP contribution in [-0.2, 0) is 0 Å². The number of rotatable bonds is 3. The van der Waals surface area contributed by atoms with Crippen LogP contribution in [0.1, 0.15) is 11.3 Å². The summed E-state index contributed by atoms with van der Waals surface area (Å²) < 4.78 is 5.07. The lowest BCUT2D eigenvalue weighted by molar-refractivity contribution is 0.415. The summed E-state index contributed by atoms with van der Waals surface area (Å²) >= 11 is 5.07. The average molecular weight is 302 g/mol. The maximum absolute atomic E-state index is 11.3. The van der Waals surface area contributed by atoms with E-state index in [4.69, 9.17) is 17.0 Å². The molecule has 2 aromatic rings. The van der Waals surface area contributed by atoms with E-state index in [9.17, 15) is 4.79 Å². The molecule has 1 heterocycles. The van der Waals surface area contributed by atoms with E-state index in [1.165, 1.54) is 6.07 Å². The number of H-pyrrole nitrogens is 1. The van der Waals surface area contributed by atoms with Gasteiger partial charge < -0.3 is 10.1 Å². The minimum Gasteiger partial charge on any atom is -0.497 e. The lowest BCUT2D eigenvalue weighted by atomic mass is 10.2. The quantitative estimate of drug-likeness (QED) is 0.669. The molecule has 0 saturated carbocycles. The third kappa shape index (κ3) is 4.50. The molecule has 6 nitrogen and oxygen atoms in total. The Morgan fingerprint density at radius 1 is 1.43 bits per heavy atom. The highest BCUT2D eigenvalue weighted by Gasteiger charge is 1.99. The van der Waals surface area contributed by atoms with Gasteiger partial charge in [-0.2, -0.15) is 0 Å². The smallest absolute Gasteiger partial charge is 0.252 e. The van der Waals surface area contributed by atoms with Crippen LogP contribution in [0.25, 0.3) is 0 Å². The summed E-state index contributed by atoms with van der Waals surface area (Å²) in [6.45, 7) is 1.73. The zero-order valence-electron chi connectivity index (χ0n) is 11.6. The summed E-state index contributed by atoms with van der Waals surface area (Å²) in [4.78, 5) is 22.0. The van der Waals surface area contributed by atoms with Gasteiger partial charge in [-0.25, -0.2) is 9.98 Å². The first-order chi connectivity index (χ1) is 10.1. The highest BCUT2D eigenvalue weighted by molar-refractivity contribution is 7.80. The van der Waals surface area contributed by atoms with Gasteiger partial charge in [0.05, 0.1) is 7.11 Å². The van der Waals surface area contributed by atoms with Gasteiger partial charge in [0.2, 0.25) is 5.95 Å². The molecule has 108 valence electrons. The number of hydrogen-bond donors (Lipinski definition) is 2. The molecule has 0 saturated heterocycles. The van der Waals surface area contributed by atoms with E-state index < -0.39 is 0 Å². The number of aliphatic imine (C=N–C) groups is 1. The van der Waals surface area contributed by atoms with Crippen molar-refractivity contribution in [2.45, 2.75) is 6.92 Å². The largest absolute Gasteiger partial charge is 0.497 e. The molecule has 0 atom stereocenters. The van der Waals surface area contributed by atoms with Crippen molar-refractivity contribution in [2.24, 2.45) is 4.99 Å². The van der Waals surface area contributed by atoms with Crippen molar-refractivity contribution in [1.29, 1.82) is 0 Å². The molecule has 0 aliphatic heterocycles. The molecule has 0 fully saturated rings. The van der Waals surface area contributed by atoms with Gasteiger partial charge in [0.1, 0.15) is 5.75 Å². The molecular weight excluding hydrogens is 288 g/mol. The lowest BCUT2D eigenvalue weighted by Crippen LogP contribution is -2.15. The van der Waals surface area contributed by atoms with Gasteiger partial charge >= 0.3 is 0 Å². The van der Waals surface area contributed by atoms with E-state index in [1.54, 1.807) is 20.2 Å². The van der Waals surface area contributed by atoms with E-state index >= 15 is 0 Å². The van der Waals surface area contributed by atoms with Crippen LogP contribution in [-0.4, -0.2) is 28.4 Å². The molecule has 0 amide bonds. The van der Waals surface area contributed by atoms with Crippen molar-refractivity contribution in [1.82, 2.24) is 9.97 Å². The fourth-order valence-corrected chi connectivity index (χ4v) is 1.74. The normalized spacial score (nSPS) is 10.6. The number of nitrogens with one attached hydrogen (secondary N) is 2. The van der Waals surface area contributed by atoms with Gasteiger partial charge in [-0.05, 0) is 49.0 Å². The van der Waals surface area contributed by atoms with Crippen molar-refractivity contribution in [3.05, 3.63) is 51.9 Å². The fourth-order valence-electron chi connectivity index (χ4n) is 1.59. The standard InChI is InChI=1S/C14H14N4O2S/c1-9-7-12(19)17-13(16-9)18-14(21)15-8-10-3-5-11(20-2)6-4-10/h3-8H,1-2H3,(H2,16,17,18,19,21). The van der Waals surface area contributed by atoms with Gasteiger partial charge in [0, 0.05) is 18.0 Å². The Morgan fingerprint density at radius 2 is 2.14 bits per heavy atom. The Kier molecular flexibility index (Phi) is 4.78. The molecule has 21 heavy (non-hydrogen) atoms. The number of aromatic amines is 1. The molecular formula is C14H14N4O2S. The fraction of sp³-hybridized carbons (Fsp3) is 0.143. The summed E-state index contributed by atoms with van der Waals surface area (Å²) in [5, 5.41) is 2.97. The predicted molar refractivity (Wildman–Crippen MR) is 86.4 cm³/mol. The van der Waals surface area contributed by atoms with Crippen molar-refractivity contribution >= 4 is 29.5 Å². The van der Waals surface area contributed by atoms with E-state index in [0.29, 0.717) is 5.69 Å². The van der Waals surface area contributed by atoms with E-state index in [-0.39, 0.29) is 16.6 Å². The minimum atomic E-state index is -0.244. The molecule has 0 spiro atoms. The second kappa shape index (κ2) is 6.76. The Bertz CT molecular complexity index is 722. The zero-order chi connectivity index (χ0) is 15.2. The summed E-state index contributed by atoms with van der Waals surface area (Å²) in [7, 11) is 1.61. The first-order valence-electron chi connectivity index (χ1n) is 6.14. The Hall–Kier alpha value is -2.54. The third-order valence-electron chi connectivity index (χ3n) is 2.54. The first kappa shape index (κ1) is 14.9. The number of nitrogens with zero attached hydrogens (tertiary/aromatic N) is 2. The van der Waals surface area contributed by atoms with E-state index in [0.717, 1.165) is 11.3 Å². The third-order valence-corrected chi connectivity index (χ3v) is 2.75. The molecule has 0 aliphatic carbocycles. The number of hydrogen-bond acceptors (Lipinski definition) is 4. The van der Waals surface area contributed by atoms with Crippen LogP contribution < -0.4 is 15.6 Å². The average Bonchev–Trinajstić information content (AvgIpc) is 2.44.